The molecule has 4 heteroatoms. The second kappa shape index (κ2) is 12.7. The fourth-order valence-electron chi connectivity index (χ4n) is 5.09. The van der Waals surface area contributed by atoms with Crippen molar-refractivity contribution in [3.8, 4) is 0 Å². The van der Waals surface area contributed by atoms with Gasteiger partial charge in [-0.25, -0.2) is 0 Å². The van der Waals surface area contributed by atoms with Gasteiger partial charge in [0.05, 0.1) is 0 Å². The predicted molar refractivity (Wildman–Crippen MR) is 158 cm³/mol. The molecule has 190 valence electrons. The molecular formula is C34H34BNO2. The molecule has 38 heavy (non-hydrogen) atoms. The summed E-state index contributed by atoms with van der Waals surface area (Å²) >= 11 is 0. The molecule has 0 N–H and O–H groups in total. The van der Waals surface area contributed by atoms with Gasteiger partial charge in [0.25, 0.3) is 0 Å². The van der Waals surface area contributed by atoms with Crippen molar-refractivity contribution in [2.24, 2.45) is 0 Å². The quantitative estimate of drug-likeness (QED) is 0.258. The molecule has 0 saturated carbocycles. The van der Waals surface area contributed by atoms with E-state index in [4.69, 9.17) is 4.74 Å². The van der Waals surface area contributed by atoms with Crippen LogP contribution in [0.1, 0.15) is 19.4 Å². The van der Waals surface area contributed by atoms with Crippen molar-refractivity contribution in [3.05, 3.63) is 151 Å². The fraction of sp³-hybridized carbons (Fsp3) is 0.118. The summed E-state index contributed by atoms with van der Waals surface area (Å²) in [4.78, 5) is 11.3. The summed E-state index contributed by atoms with van der Waals surface area (Å²) in [5.74, 6) is 0. The Kier molecular flexibility index (Phi) is 8.89. The monoisotopic (exact) mass is 499 g/mol. The van der Waals surface area contributed by atoms with Crippen LogP contribution in [0.3, 0.4) is 0 Å². The molecular weight excluding hydrogens is 465 g/mol. The summed E-state index contributed by atoms with van der Waals surface area (Å²) in [6, 6.07) is 47.3. The van der Waals surface area contributed by atoms with E-state index in [0.29, 0.717) is 0 Å². The van der Waals surface area contributed by atoms with Gasteiger partial charge >= 0.3 is 6.09 Å². The zero-order valence-corrected chi connectivity index (χ0v) is 22.3. The van der Waals surface area contributed by atoms with E-state index in [2.05, 4.69) is 121 Å². The number of ether oxygens (including phenoxy) is 1. The van der Waals surface area contributed by atoms with Crippen molar-refractivity contribution >= 4 is 34.1 Å². The highest BCUT2D eigenvalue weighted by Gasteiger charge is 2.31. The van der Waals surface area contributed by atoms with Gasteiger partial charge in [0.1, 0.15) is 12.2 Å². The van der Waals surface area contributed by atoms with E-state index in [9.17, 15) is 4.79 Å². The number of aromatic nitrogens is 1. The highest BCUT2D eigenvalue weighted by atomic mass is 16.6. The van der Waals surface area contributed by atoms with Crippen LogP contribution in [-0.2, 0) is 4.74 Å². The minimum Gasteiger partial charge on any atom is -0.409 e. The van der Waals surface area contributed by atoms with E-state index in [0.717, 1.165) is 5.56 Å². The topological polar surface area (TPSA) is 30.2 Å². The molecule has 0 amide bonds. The lowest BCUT2D eigenvalue weighted by Crippen LogP contribution is -2.74. The Bertz CT molecular complexity index is 1260. The first-order valence-corrected chi connectivity index (χ1v) is 13.1. The molecule has 5 aromatic rings. The number of hydrogen-bond acceptors (Lipinski definition) is 2. The van der Waals surface area contributed by atoms with Crippen LogP contribution >= 0.6 is 0 Å². The number of nitrogens with zero attached hydrogens (tertiary/aromatic N) is 1. The lowest BCUT2D eigenvalue weighted by atomic mass is 9.13. The Morgan fingerprint density at radius 1 is 0.605 bits per heavy atom. The molecule has 4 aromatic carbocycles. The molecule has 0 fully saturated rings. The summed E-state index contributed by atoms with van der Waals surface area (Å²) < 4.78 is 6.46. The molecule has 0 spiro atoms. The van der Waals surface area contributed by atoms with E-state index in [1.54, 1.807) is 12.4 Å². The van der Waals surface area contributed by atoms with E-state index < -0.39 is 6.15 Å². The van der Waals surface area contributed by atoms with Crippen molar-refractivity contribution in [1.29, 1.82) is 0 Å². The average Bonchev–Trinajstić information content (AvgIpc) is 2.96. The Morgan fingerprint density at radius 3 is 1.29 bits per heavy atom. The van der Waals surface area contributed by atoms with Crippen molar-refractivity contribution in [3.63, 3.8) is 0 Å². The first-order chi connectivity index (χ1) is 18.5. The lowest BCUT2D eigenvalue weighted by molar-refractivity contribution is -0.587. The molecule has 5 rings (SSSR count). The maximum atomic E-state index is 11.3. The molecule has 1 heterocycles. The third-order valence-corrected chi connectivity index (χ3v) is 6.69. The molecule has 0 saturated heterocycles. The molecule has 0 unspecified atom stereocenters. The van der Waals surface area contributed by atoms with E-state index in [1.165, 1.54) is 26.4 Å². The Labute approximate surface area is 226 Å². The van der Waals surface area contributed by atoms with Gasteiger partial charge in [-0.05, 0) is 26.8 Å². The number of benzene rings is 4. The van der Waals surface area contributed by atoms with Gasteiger partial charge in [-0.1, -0.05) is 126 Å². The van der Waals surface area contributed by atoms with E-state index in [1.807, 2.05) is 32.9 Å². The van der Waals surface area contributed by atoms with Crippen molar-refractivity contribution in [2.45, 2.75) is 26.9 Å². The number of aryl methyl sites for hydroxylation is 1. The summed E-state index contributed by atoms with van der Waals surface area (Å²) in [7, 11) is 0. The SMILES string of the molecule is Cc1ccc[n+](C(=O)OC(C)C)c1.c1ccc([B-](c2ccccc2)(c2ccccc2)c2ccccc2)cc1. The average molecular weight is 499 g/mol. The molecule has 0 aliphatic rings. The maximum Gasteiger partial charge on any atom is 0.602 e. The van der Waals surface area contributed by atoms with Crippen LogP contribution in [0.4, 0.5) is 4.79 Å². The number of pyridine rings is 1. The van der Waals surface area contributed by atoms with Gasteiger partial charge in [0.2, 0.25) is 0 Å². The van der Waals surface area contributed by atoms with Gasteiger partial charge in [-0.15, -0.1) is 0 Å². The smallest absolute Gasteiger partial charge is 0.409 e. The molecule has 0 atom stereocenters. The van der Waals surface area contributed by atoms with Crippen LogP contribution in [0.25, 0.3) is 0 Å². The molecule has 3 nitrogen and oxygen atoms in total. The number of hydrogen-bond donors (Lipinski definition) is 0. The Balaban J connectivity index is 0.000000219. The summed E-state index contributed by atoms with van der Waals surface area (Å²) in [6.07, 6.45) is 1.79. The van der Waals surface area contributed by atoms with Gasteiger partial charge in [-0.3, -0.25) is 0 Å². The first-order valence-electron chi connectivity index (χ1n) is 13.1. The van der Waals surface area contributed by atoms with Crippen LogP contribution in [-0.4, -0.2) is 18.3 Å². The Hall–Kier alpha value is -4.44. The Morgan fingerprint density at radius 2 is 0.974 bits per heavy atom. The zero-order chi connectivity index (χ0) is 26.8. The number of carbonyl (C=O) groups excluding carboxylic acids is 1. The number of carbonyl (C=O) groups is 1. The minimum atomic E-state index is -1.22. The predicted octanol–water partition coefficient (Wildman–Crippen LogP) is 4.74. The van der Waals surface area contributed by atoms with Gasteiger partial charge in [-0.2, -0.15) is 26.6 Å². The van der Waals surface area contributed by atoms with Crippen LogP contribution in [0.2, 0.25) is 0 Å². The molecule has 0 aliphatic carbocycles. The van der Waals surface area contributed by atoms with Crippen LogP contribution in [0.5, 0.6) is 0 Å². The van der Waals surface area contributed by atoms with Gasteiger partial charge in [0.15, 0.2) is 12.4 Å². The third-order valence-electron chi connectivity index (χ3n) is 6.69. The highest BCUT2D eigenvalue weighted by Crippen LogP contribution is 2.09. The normalized spacial score (nSPS) is 10.8. The van der Waals surface area contributed by atoms with Crippen molar-refractivity contribution in [2.75, 3.05) is 0 Å². The highest BCUT2D eigenvalue weighted by molar-refractivity contribution is 7.19. The second-order valence-corrected chi connectivity index (χ2v) is 9.73. The van der Waals surface area contributed by atoms with Crippen molar-refractivity contribution < 1.29 is 14.1 Å². The van der Waals surface area contributed by atoms with Gasteiger partial charge < -0.3 is 4.74 Å². The van der Waals surface area contributed by atoms with E-state index in [-0.39, 0.29) is 12.2 Å². The second-order valence-electron chi connectivity index (χ2n) is 9.73. The minimum absolute atomic E-state index is 0.0829. The number of rotatable bonds is 5. The largest absolute Gasteiger partial charge is 0.602 e. The van der Waals surface area contributed by atoms with Crippen molar-refractivity contribution in [1.82, 2.24) is 0 Å². The molecule has 0 radical (unpaired) electrons. The van der Waals surface area contributed by atoms with Crippen LogP contribution in [0, 0.1) is 6.92 Å². The summed E-state index contributed by atoms with van der Waals surface area (Å²) in [6.45, 7) is 5.58. The standard InChI is InChI=1S/C24H20B.C10H14NO2/c1-5-13-21(14-6-1)25(22-15-7-2-8-16-22,23-17-9-3-10-18-23)24-19-11-4-12-20-24;1-8(2)13-10(12)11-6-4-5-9(3)7-11/h1-20H;4-8H,1-3H3/q-1;+1. The molecule has 0 aliphatic heterocycles. The summed E-state index contributed by atoms with van der Waals surface area (Å²) in [5.41, 5.74) is 6.39. The van der Waals surface area contributed by atoms with Crippen LogP contribution in [0.15, 0.2) is 146 Å². The summed E-state index contributed by atoms with van der Waals surface area (Å²) in [5, 5.41) is 0. The van der Waals surface area contributed by atoms with Gasteiger partial charge in [0, 0.05) is 11.6 Å². The molecule has 0 bridgehead atoms. The maximum absolute atomic E-state index is 11.3. The van der Waals surface area contributed by atoms with Crippen LogP contribution < -0.4 is 26.4 Å². The molecule has 1 aromatic heterocycles. The zero-order valence-electron chi connectivity index (χ0n) is 22.3. The lowest BCUT2D eigenvalue weighted by Gasteiger charge is -2.44. The first kappa shape index (κ1) is 26.6. The van der Waals surface area contributed by atoms with E-state index >= 15 is 0 Å². The fourth-order valence-corrected chi connectivity index (χ4v) is 5.09. The third kappa shape index (κ3) is 6.09.